The molecule has 4 heteroatoms. The fraction of sp³-hybridized carbons (Fsp3) is 0.529. The molecule has 108 valence electrons. The summed E-state index contributed by atoms with van der Waals surface area (Å²) in [5, 5.41) is 7.68. The lowest BCUT2D eigenvalue weighted by atomic mass is 9.88. The summed E-state index contributed by atoms with van der Waals surface area (Å²) in [5.41, 5.74) is 3.63. The van der Waals surface area contributed by atoms with Crippen LogP contribution in [-0.4, -0.2) is 16.7 Å². The van der Waals surface area contributed by atoms with Gasteiger partial charge >= 0.3 is 0 Å². The first kappa shape index (κ1) is 11.8. The molecule has 3 atom stereocenters. The third-order valence-corrected chi connectivity index (χ3v) is 5.58. The van der Waals surface area contributed by atoms with Crippen LogP contribution >= 0.6 is 0 Å². The minimum atomic E-state index is 0.536. The zero-order valence-electron chi connectivity index (χ0n) is 12.0. The van der Waals surface area contributed by atoms with Crippen LogP contribution in [0.3, 0.4) is 0 Å². The molecule has 2 aliphatic carbocycles. The molecule has 2 fully saturated rings. The third-order valence-electron chi connectivity index (χ3n) is 5.58. The summed E-state index contributed by atoms with van der Waals surface area (Å²) >= 11 is 0. The molecule has 5 rings (SSSR count). The number of aromatic nitrogens is 2. The Labute approximate surface area is 123 Å². The lowest BCUT2D eigenvalue weighted by Gasteiger charge is -2.17. The Bertz CT molecular complexity index is 693. The standard InChI is InChI=1S/C17H19N3O/c1-2-12-7-10(1)8-14(12)16-19-17(21-20-16)13-4-3-11-5-6-18-15(11)9-13/h3-4,9-10,12,14,18H,1-2,5-8H2. The van der Waals surface area contributed by atoms with Crippen LogP contribution in [0.4, 0.5) is 5.69 Å². The monoisotopic (exact) mass is 281 g/mol. The fourth-order valence-corrected chi connectivity index (χ4v) is 4.49. The first-order valence-electron chi connectivity index (χ1n) is 8.07. The predicted octanol–water partition coefficient (Wildman–Crippen LogP) is 3.61. The smallest absolute Gasteiger partial charge is 0.258 e. The first-order chi connectivity index (χ1) is 10.4. The summed E-state index contributed by atoms with van der Waals surface area (Å²) in [6, 6.07) is 6.41. The van der Waals surface area contributed by atoms with Crippen molar-refractivity contribution in [2.45, 2.75) is 38.0 Å². The van der Waals surface area contributed by atoms with E-state index in [-0.39, 0.29) is 0 Å². The van der Waals surface area contributed by atoms with Crippen LogP contribution in [0.15, 0.2) is 22.7 Å². The van der Waals surface area contributed by atoms with Gasteiger partial charge in [-0.2, -0.15) is 4.98 Å². The zero-order chi connectivity index (χ0) is 13.8. The van der Waals surface area contributed by atoms with Crippen molar-refractivity contribution >= 4 is 5.69 Å². The molecule has 2 saturated carbocycles. The van der Waals surface area contributed by atoms with E-state index >= 15 is 0 Å². The van der Waals surface area contributed by atoms with Crippen LogP contribution in [0.25, 0.3) is 11.5 Å². The van der Waals surface area contributed by atoms with Crippen molar-refractivity contribution in [3.63, 3.8) is 0 Å². The quantitative estimate of drug-likeness (QED) is 0.913. The lowest BCUT2D eigenvalue weighted by Crippen LogP contribution is -2.09. The second kappa shape index (κ2) is 4.33. The first-order valence-corrected chi connectivity index (χ1v) is 8.07. The zero-order valence-corrected chi connectivity index (χ0v) is 12.0. The molecule has 0 spiro atoms. The van der Waals surface area contributed by atoms with E-state index in [1.807, 2.05) is 0 Å². The maximum atomic E-state index is 5.54. The highest BCUT2D eigenvalue weighted by atomic mass is 16.5. The number of fused-ring (bicyclic) bond motifs is 3. The van der Waals surface area contributed by atoms with Gasteiger partial charge in [0.25, 0.3) is 5.89 Å². The maximum Gasteiger partial charge on any atom is 0.258 e. The van der Waals surface area contributed by atoms with E-state index in [0.29, 0.717) is 11.8 Å². The van der Waals surface area contributed by atoms with Crippen LogP contribution in [0.5, 0.6) is 0 Å². The van der Waals surface area contributed by atoms with E-state index in [2.05, 4.69) is 28.7 Å². The van der Waals surface area contributed by atoms with Crippen LogP contribution in [-0.2, 0) is 6.42 Å². The summed E-state index contributed by atoms with van der Waals surface area (Å²) in [7, 11) is 0. The average Bonchev–Trinajstić information content (AvgIpc) is 3.27. The third kappa shape index (κ3) is 1.81. The minimum Gasteiger partial charge on any atom is -0.384 e. The summed E-state index contributed by atoms with van der Waals surface area (Å²) in [4.78, 5) is 4.70. The molecule has 21 heavy (non-hydrogen) atoms. The highest BCUT2D eigenvalue weighted by molar-refractivity contribution is 5.66. The molecule has 0 amide bonds. The van der Waals surface area contributed by atoms with Crippen LogP contribution in [0.1, 0.15) is 43.0 Å². The Morgan fingerprint density at radius 1 is 1.19 bits per heavy atom. The van der Waals surface area contributed by atoms with Crippen molar-refractivity contribution in [2.24, 2.45) is 11.8 Å². The number of rotatable bonds is 2. The van der Waals surface area contributed by atoms with E-state index in [4.69, 9.17) is 9.51 Å². The van der Waals surface area contributed by atoms with Gasteiger partial charge in [0.05, 0.1) is 0 Å². The van der Waals surface area contributed by atoms with Crippen molar-refractivity contribution in [3.05, 3.63) is 29.6 Å². The van der Waals surface area contributed by atoms with Gasteiger partial charge in [0.2, 0.25) is 0 Å². The van der Waals surface area contributed by atoms with Crippen molar-refractivity contribution in [1.82, 2.24) is 10.1 Å². The number of hydrogen-bond donors (Lipinski definition) is 1. The molecular weight excluding hydrogens is 262 g/mol. The summed E-state index contributed by atoms with van der Waals surface area (Å²) in [5.74, 6) is 3.84. The van der Waals surface area contributed by atoms with Crippen molar-refractivity contribution in [1.29, 1.82) is 0 Å². The second-order valence-corrected chi connectivity index (χ2v) is 6.79. The number of hydrogen-bond acceptors (Lipinski definition) is 4. The van der Waals surface area contributed by atoms with Gasteiger partial charge in [-0.1, -0.05) is 17.6 Å². The molecule has 2 heterocycles. The van der Waals surface area contributed by atoms with Gasteiger partial charge in [0, 0.05) is 23.7 Å². The summed E-state index contributed by atoms with van der Waals surface area (Å²) in [6.07, 6.45) is 6.49. The fourth-order valence-electron chi connectivity index (χ4n) is 4.49. The minimum absolute atomic E-state index is 0.536. The molecule has 2 aromatic rings. The number of anilines is 1. The maximum absolute atomic E-state index is 5.54. The number of benzene rings is 1. The van der Waals surface area contributed by atoms with Gasteiger partial charge in [-0.05, 0) is 55.2 Å². The van der Waals surface area contributed by atoms with Gasteiger partial charge < -0.3 is 9.84 Å². The Kier molecular flexibility index (Phi) is 2.43. The van der Waals surface area contributed by atoms with Gasteiger partial charge in [-0.25, -0.2) is 0 Å². The molecule has 0 radical (unpaired) electrons. The summed E-state index contributed by atoms with van der Waals surface area (Å²) < 4.78 is 5.54. The van der Waals surface area contributed by atoms with E-state index in [1.54, 1.807) is 0 Å². The van der Waals surface area contributed by atoms with E-state index < -0.39 is 0 Å². The lowest BCUT2D eigenvalue weighted by molar-refractivity contribution is 0.372. The molecule has 1 N–H and O–H groups in total. The summed E-state index contributed by atoms with van der Waals surface area (Å²) in [6.45, 7) is 1.03. The van der Waals surface area contributed by atoms with Crippen LogP contribution < -0.4 is 5.32 Å². The average molecular weight is 281 g/mol. The molecule has 3 aliphatic rings. The van der Waals surface area contributed by atoms with Crippen LogP contribution in [0, 0.1) is 11.8 Å². The van der Waals surface area contributed by atoms with Gasteiger partial charge in [0.1, 0.15) is 0 Å². The molecule has 4 nitrogen and oxygen atoms in total. The molecular formula is C17H19N3O. The highest BCUT2D eigenvalue weighted by Crippen LogP contribution is 2.52. The Balaban J connectivity index is 1.45. The molecule has 0 saturated heterocycles. The normalized spacial score (nSPS) is 29.6. The van der Waals surface area contributed by atoms with Crippen molar-refractivity contribution < 1.29 is 4.52 Å². The number of nitrogens with one attached hydrogen (secondary N) is 1. The largest absolute Gasteiger partial charge is 0.384 e. The molecule has 3 unspecified atom stereocenters. The molecule has 1 aromatic heterocycles. The SMILES string of the molecule is c1cc2c(cc1-c1nc(C3CC4CCC3C4)no1)NCC2. The van der Waals surface area contributed by atoms with Gasteiger partial charge in [-0.3, -0.25) is 0 Å². The van der Waals surface area contributed by atoms with E-state index in [1.165, 1.54) is 36.9 Å². The predicted molar refractivity (Wildman–Crippen MR) is 80.1 cm³/mol. The molecule has 1 aliphatic heterocycles. The number of nitrogens with zero attached hydrogens (tertiary/aromatic N) is 2. The second-order valence-electron chi connectivity index (χ2n) is 6.79. The van der Waals surface area contributed by atoms with Crippen molar-refractivity contribution in [3.8, 4) is 11.5 Å². The Hall–Kier alpha value is -1.84. The molecule has 1 aromatic carbocycles. The van der Waals surface area contributed by atoms with Crippen LogP contribution in [0.2, 0.25) is 0 Å². The Morgan fingerprint density at radius 3 is 3.05 bits per heavy atom. The van der Waals surface area contributed by atoms with Gasteiger partial charge in [0.15, 0.2) is 5.82 Å². The van der Waals surface area contributed by atoms with Gasteiger partial charge in [-0.15, -0.1) is 0 Å². The highest BCUT2D eigenvalue weighted by Gasteiger charge is 2.42. The molecule has 2 bridgehead atoms. The Morgan fingerprint density at radius 2 is 2.19 bits per heavy atom. The van der Waals surface area contributed by atoms with E-state index in [0.717, 1.165) is 36.2 Å². The van der Waals surface area contributed by atoms with Crippen molar-refractivity contribution in [2.75, 3.05) is 11.9 Å². The van der Waals surface area contributed by atoms with E-state index in [9.17, 15) is 0 Å². The topological polar surface area (TPSA) is 51.0 Å².